The van der Waals surface area contributed by atoms with Gasteiger partial charge in [0.15, 0.2) is 5.96 Å². The molecule has 0 unspecified atom stereocenters. The summed E-state index contributed by atoms with van der Waals surface area (Å²) < 4.78 is 0. The van der Waals surface area contributed by atoms with Gasteiger partial charge in [-0.25, -0.2) is 0 Å². The maximum atomic E-state index is 4.74. The smallest absolute Gasteiger partial charge is 0.191 e. The number of nitrogens with zero attached hydrogens (tertiary/aromatic N) is 2. The van der Waals surface area contributed by atoms with Crippen LogP contribution in [0, 0.1) is 5.92 Å². The van der Waals surface area contributed by atoms with Gasteiger partial charge in [-0.05, 0) is 64.2 Å². The SMILES string of the molecule is CCNC(=NCCC1CCN(C)CC1)NCCc1ccccc1. The monoisotopic (exact) mass is 316 g/mol. The van der Waals surface area contributed by atoms with Crippen molar-refractivity contribution >= 4 is 5.96 Å². The highest BCUT2D eigenvalue weighted by molar-refractivity contribution is 5.79. The van der Waals surface area contributed by atoms with Gasteiger partial charge in [0.25, 0.3) is 0 Å². The van der Waals surface area contributed by atoms with Crippen LogP contribution in [0.1, 0.15) is 31.7 Å². The van der Waals surface area contributed by atoms with E-state index < -0.39 is 0 Å². The average molecular weight is 316 g/mol. The van der Waals surface area contributed by atoms with Gasteiger partial charge in [0.1, 0.15) is 0 Å². The third-order valence-electron chi connectivity index (χ3n) is 4.54. The Balaban J connectivity index is 1.69. The number of likely N-dealkylation sites (tertiary alicyclic amines) is 1. The number of guanidine groups is 1. The van der Waals surface area contributed by atoms with Gasteiger partial charge in [0, 0.05) is 19.6 Å². The van der Waals surface area contributed by atoms with Gasteiger partial charge in [-0.3, -0.25) is 4.99 Å². The summed E-state index contributed by atoms with van der Waals surface area (Å²) in [6.45, 7) is 7.35. The molecule has 1 aliphatic rings. The molecule has 1 aromatic carbocycles. The second-order valence-corrected chi connectivity index (χ2v) is 6.46. The zero-order valence-corrected chi connectivity index (χ0v) is 14.7. The number of nitrogens with one attached hydrogen (secondary N) is 2. The standard InChI is InChI=1S/C19H32N4/c1-3-20-19(21-13-9-17-7-5-4-6-8-17)22-14-10-18-11-15-23(2)16-12-18/h4-8,18H,3,9-16H2,1-2H3,(H2,20,21,22). The summed E-state index contributed by atoms with van der Waals surface area (Å²) in [5.41, 5.74) is 1.36. The van der Waals surface area contributed by atoms with Crippen molar-refractivity contribution in [2.24, 2.45) is 10.9 Å². The second kappa shape index (κ2) is 10.3. The van der Waals surface area contributed by atoms with E-state index >= 15 is 0 Å². The summed E-state index contributed by atoms with van der Waals surface area (Å²) in [6, 6.07) is 10.6. The van der Waals surface area contributed by atoms with Crippen LogP contribution in [0.15, 0.2) is 35.3 Å². The molecule has 0 aromatic heterocycles. The van der Waals surface area contributed by atoms with Crippen LogP contribution in [0.4, 0.5) is 0 Å². The molecule has 0 bridgehead atoms. The fourth-order valence-electron chi connectivity index (χ4n) is 3.02. The van der Waals surface area contributed by atoms with Crippen LogP contribution < -0.4 is 10.6 Å². The Morgan fingerprint density at radius 3 is 2.61 bits per heavy atom. The minimum absolute atomic E-state index is 0.849. The van der Waals surface area contributed by atoms with Crippen LogP contribution in [0.5, 0.6) is 0 Å². The minimum Gasteiger partial charge on any atom is -0.357 e. The number of rotatable bonds is 7. The van der Waals surface area contributed by atoms with Crippen LogP contribution in [-0.4, -0.2) is 50.6 Å². The molecule has 128 valence electrons. The summed E-state index contributed by atoms with van der Waals surface area (Å²) in [4.78, 5) is 7.16. The van der Waals surface area contributed by atoms with E-state index in [1.54, 1.807) is 0 Å². The maximum Gasteiger partial charge on any atom is 0.191 e. The van der Waals surface area contributed by atoms with Crippen molar-refractivity contribution in [3.63, 3.8) is 0 Å². The molecule has 0 atom stereocenters. The van der Waals surface area contributed by atoms with E-state index in [9.17, 15) is 0 Å². The number of benzene rings is 1. The van der Waals surface area contributed by atoms with E-state index in [0.29, 0.717) is 0 Å². The van der Waals surface area contributed by atoms with E-state index in [1.165, 1.54) is 37.9 Å². The second-order valence-electron chi connectivity index (χ2n) is 6.46. The molecular formula is C19H32N4. The predicted molar refractivity (Wildman–Crippen MR) is 99.0 cm³/mol. The van der Waals surface area contributed by atoms with Gasteiger partial charge in [-0.15, -0.1) is 0 Å². The number of piperidine rings is 1. The molecule has 0 amide bonds. The van der Waals surface area contributed by atoms with Crippen molar-refractivity contribution in [2.75, 3.05) is 39.8 Å². The van der Waals surface area contributed by atoms with E-state index in [2.05, 4.69) is 59.8 Å². The molecule has 23 heavy (non-hydrogen) atoms. The van der Waals surface area contributed by atoms with E-state index in [0.717, 1.165) is 37.9 Å². The van der Waals surface area contributed by atoms with Crippen molar-refractivity contribution in [2.45, 2.75) is 32.6 Å². The minimum atomic E-state index is 0.849. The van der Waals surface area contributed by atoms with Crippen LogP contribution >= 0.6 is 0 Å². The highest BCUT2D eigenvalue weighted by Crippen LogP contribution is 2.19. The topological polar surface area (TPSA) is 39.7 Å². The summed E-state index contributed by atoms with van der Waals surface area (Å²) >= 11 is 0. The lowest BCUT2D eigenvalue weighted by Crippen LogP contribution is -2.38. The molecule has 0 radical (unpaired) electrons. The molecule has 4 nitrogen and oxygen atoms in total. The Bertz CT molecular complexity index is 450. The molecular weight excluding hydrogens is 284 g/mol. The van der Waals surface area contributed by atoms with Gasteiger partial charge >= 0.3 is 0 Å². The number of aliphatic imine (C=N–C) groups is 1. The molecule has 4 heteroatoms. The van der Waals surface area contributed by atoms with Crippen LogP contribution in [0.3, 0.4) is 0 Å². The number of hydrogen-bond donors (Lipinski definition) is 2. The van der Waals surface area contributed by atoms with Gasteiger partial charge in [0.05, 0.1) is 0 Å². The molecule has 1 heterocycles. The van der Waals surface area contributed by atoms with Crippen molar-refractivity contribution < 1.29 is 0 Å². The largest absolute Gasteiger partial charge is 0.357 e. The van der Waals surface area contributed by atoms with Crippen molar-refractivity contribution in [1.82, 2.24) is 15.5 Å². The summed E-state index contributed by atoms with van der Waals surface area (Å²) in [5, 5.41) is 6.79. The Morgan fingerprint density at radius 1 is 1.17 bits per heavy atom. The van der Waals surface area contributed by atoms with Crippen molar-refractivity contribution in [1.29, 1.82) is 0 Å². The lowest BCUT2D eigenvalue weighted by atomic mass is 9.94. The molecule has 0 saturated carbocycles. The normalized spacial score (nSPS) is 17.2. The van der Waals surface area contributed by atoms with E-state index in [4.69, 9.17) is 4.99 Å². The zero-order chi connectivity index (χ0) is 16.3. The van der Waals surface area contributed by atoms with Gasteiger partial charge in [-0.2, -0.15) is 0 Å². The van der Waals surface area contributed by atoms with E-state index in [1.807, 2.05) is 0 Å². The third kappa shape index (κ3) is 7.04. The van der Waals surface area contributed by atoms with Crippen LogP contribution in [0.25, 0.3) is 0 Å². The van der Waals surface area contributed by atoms with Gasteiger partial charge < -0.3 is 15.5 Å². The van der Waals surface area contributed by atoms with Crippen molar-refractivity contribution in [3.8, 4) is 0 Å². The van der Waals surface area contributed by atoms with Gasteiger partial charge in [-0.1, -0.05) is 30.3 Å². The predicted octanol–water partition coefficient (Wildman–Crippen LogP) is 2.52. The Kier molecular flexibility index (Phi) is 7.95. The summed E-state index contributed by atoms with van der Waals surface area (Å²) in [7, 11) is 2.22. The molecule has 0 aliphatic carbocycles. The van der Waals surface area contributed by atoms with Gasteiger partial charge in [0.2, 0.25) is 0 Å². The Hall–Kier alpha value is -1.55. The quantitative estimate of drug-likeness (QED) is 0.600. The first-order valence-corrected chi connectivity index (χ1v) is 9.02. The molecule has 1 saturated heterocycles. The molecule has 0 spiro atoms. The lowest BCUT2D eigenvalue weighted by Gasteiger charge is -2.28. The first-order chi connectivity index (χ1) is 11.3. The Morgan fingerprint density at radius 2 is 1.91 bits per heavy atom. The fraction of sp³-hybridized carbons (Fsp3) is 0.632. The number of hydrogen-bond acceptors (Lipinski definition) is 2. The molecule has 1 fully saturated rings. The highest BCUT2D eigenvalue weighted by Gasteiger charge is 2.15. The highest BCUT2D eigenvalue weighted by atomic mass is 15.2. The van der Waals surface area contributed by atoms with Crippen LogP contribution in [0.2, 0.25) is 0 Å². The lowest BCUT2D eigenvalue weighted by molar-refractivity contribution is 0.214. The van der Waals surface area contributed by atoms with Crippen LogP contribution in [-0.2, 0) is 6.42 Å². The average Bonchev–Trinajstić information content (AvgIpc) is 2.58. The van der Waals surface area contributed by atoms with Crippen molar-refractivity contribution in [3.05, 3.63) is 35.9 Å². The molecule has 1 aliphatic heterocycles. The molecule has 2 N–H and O–H groups in total. The summed E-state index contributed by atoms with van der Waals surface area (Å²) in [5.74, 6) is 1.80. The Labute approximate surface area is 141 Å². The summed E-state index contributed by atoms with van der Waals surface area (Å²) in [6.07, 6.45) is 4.89. The molecule has 2 rings (SSSR count). The maximum absolute atomic E-state index is 4.74. The molecule has 1 aromatic rings. The fourth-order valence-corrected chi connectivity index (χ4v) is 3.02. The first kappa shape index (κ1) is 17.8. The third-order valence-corrected chi connectivity index (χ3v) is 4.54. The zero-order valence-electron chi connectivity index (χ0n) is 14.7. The first-order valence-electron chi connectivity index (χ1n) is 9.02. The van der Waals surface area contributed by atoms with E-state index in [-0.39, 0.29) is 0 Å².